The van der Waals surface area contributed by atoms with E-state index in [9.17, 15) is 0 Å². The summed E-state index contributed by atoms with van der Waals surface area (Å²) >= 11 is 3.82. The zero-order chi connectivity index (χ0) is 32.8. The van der Waals surface area contributed by atoms with Crippen molar-refractivity contribution in [3.8, 4) is 33.4 Å². The Balaban J connectivity index is 1.14. The molecule has 0 spiro atoms. The van der Waals surface area contributed by atoms with Crippen molar-refractivity contribution in [1.29, 1.82) is 0 Å². The zero-order valence-corrected chi connectivity index (χ0v) is 28.6. The van der Waals surface area contributed by atoms with Gasteiger partial charge in [-0.05, 0) is 96.0 Å². The van der Waals surface area contributed by atoms with Crippen molar-refractivity contribution in [2.24, 2.45) is 0 Å². The molecule has 11 rings (SSSR count). The minimum atomic E-state index is 1.23. The van der Waals surface area contributed by atoms with Crippen molar-refractivity contribution in [2.75, 3.05) is 0 Å². The lowest BCUT2D eigenvalue weighted by Crippen LogP contribution is -1.92. The second-order valence-corrected chi connectivity index (χ2v) is 15.3. The maximum absolute atomic E-state index is 2.43. The van der Waals surface area contributed by atoms with Gasteiger partial charge in [-0.1, -0.05) is 140 Å². The fourth-order valence-electron chi connectivity index (χ4n) is 8.25. The van der Waals surface area contributed by atoms with E-state index >= 15 is 0 Å². The first-order valence-electron chi connectivity index (χ1n) is 17.1. The average molecular weight is 669 g/mol. The first kappa shape index (κ1) is 28.1. The van der Waals surface area contributed by atoms with E-state index in [1.807, 2.05) is 22.7 Å². The first-order chi connectivity index (χ1) is 24.8. The molecule has 0 aliphatic rings. The van der Waals surface area contributed by atoms with Crippen LogP contribution in [0.4, 0.5) is 0 Å². The largest absolute Gasteiger partial charge is 0.135 e. The van der Waals surface area contributed by atoms with Gasteiger partial charge in [0.25, 0.3) is 0 Å². The third kappa shape index (κ3) is 4.10. The van der Waals surface area contributed by atoms with Gasteiger partial charge in [0.05, 0.1) is 0 Å². The summed E-state index contributed by atoms with van der Waals surface area (Å²) < 4.78 is 5.44. The molecule has 11 aromatic rings. The van der Waals surface area contributed by atoms with Crippen LogP contribution in [0.25, 0.3) is 106 Å². The molecule has 232 valence electrons. The number of thiophene rings is 2. The van der Waals surface area contributed by atoms with Crippen molar-refractivity contribution in [3.05, 3.63) is 170 Å². The molecule has 0 saturated carbocycles. The third-order valence-corrected chi connectivity index (χ3v) is 12.8. The van der Waals surface area contributed by atoms with Crippen LogP contribution in [-0.2, 0) is 0 Å². The summed E-state index contributed by atoms with van der Waals surface area (Å²) in [4.78, 5) is 0. The van der Waals surface area contributed by atoms with Gasteiger partial charge in [-0.3, -0.25) is 0 Å². The molecule has 0 fully saturated rings. The Morgan fingerprint density at radius 3 is 1.68 bits per heavy atom. The van der Waals surface area contributed by atoms with E-state index in [0.29, 0.717) is 0 Å². The molecule has 0 radical (unpaired) electrons. The quantitative estimate of drug-likeness (QED) is 0.164. The van der Waals surface area contributed by atoms with Gasteiger partial charge in [0.2, 0.25) is 0 Å². The third-order valence-electron chi connectivity index (χ3n) is 10.5. The fourth-order valence-corrected chi connectivity index (χ4v) is 10.7. The van der Waals surface area contributed by atoms with E-state index in [1.165, 1.54) is 106 Å². The molecule has 0 nitrogen and oxygen atoms in total. The van der Waals surface area contributed by atoms with Crippen LogP contribution in [0.15, 0.2) is 170 Å². The molecule has 0 unspecified atom stereocenters. The highest BCUT2D eigenvalue weighted by Gasteiger charge is 2.19. The lowest BCUT2D eigenvalue weighted by Gasteiger charge is -2.19. The standard InChI is InChI=1S/C48H28S2/c1-2-15-33-29(11-1)12-10-21-35(33)46-38-19-5-3-17-36(38)45(37-18-4-6-20-39(37)46)32-14-9-13-30(27-32)31-23-25-43-41(28-31)47-44(49-43)26-24-40-34-16-7-8-22-42(34)50-48(40)47/h1-28H. The molecule has 9 aromatic carbocycles. The Bertz CT molecular complexity index is 3090. The summed E-state index contributed by atoms with van der Waals surface area (Å²) in [6, 6.07) is 63.1. The predicted molar refractivity (Wildman–Crippen MR) is 221 cm³/mol. The minimum absolute atomic E-state index is 1.23. The van der Waals surface area contributed by atoms with E-state index in [-0.39, 0.29) is 0 Å². The number of fused-ring (bicyclic) bond motifs is 10. The van der Waals surface area contributed by atoms with Crippen LogP contribution < -0.4 is 0 Å². The molecule has 50 heavy (non-hydrogen) atoms. The molecule has 0 saturated heterocycles. The Labute approximate surface area is 297 Å². The topological polar surface area (TPSA) is 0 Å². The molecule has 2 aromatic heterocycles. The Kier molecular flexibility index (Phi) is 6.09. The van der Waals surface area contributed by atoms with Crippen LogP contribution in [0.5, 0.6) is 0 Å². The van der Waals surface area contributed by atoms with Gasteiger partial charge < -0.3 is 0 Å². The lowest BCUT2D eigenvalue weighted by atomic mass is 9.84. The first-order valence-corrected chi connectivity index (χ1v) is 18.7. The van der Waals surface area contributed by atoms with E-state index in [0.717, 1.165) is 0 Å². The summed E-state index contributed by atoms with van der Waals surface area (Å²) in [6.45, 7) is 0. The van der Waals surface area contributed by atoms with Gasteiger partial charge in [-0.15, -0.1) is 22.7 Å². The van der Waals surface area contributed by atoms with Crippen molar-refractivity contribution in [3.63, 3.8) is 0 Å². The Hall–Kier alpha value is -5.80. The maximum atomic E-state index is 2.43. The number of benzene rings is 9. The molecule has 0 aliphatic carbocycles. The minimum Gasteiger partial charge on any atom is -0.135 e. The van der Waals surface area contributed by atoms with E-state index in [1.54, 1.807) is 0 Å². The normalized spacial score (nSPS) is 12.0. The van der Waals surface area contributed by atoms with E-state index in [2.05, 4.69) is 170 Å². The van der Waals surface area contributed by atoms with Crippen LogP contribution in [0.3, 0.4) is 0 Å². The van der Waals surface area contributed by atoms with Gasteiger partial charge >= 0.3 is 0 Å². The molecule has 0 aliphatic heterocycles. The summed E-state index contributed by atoms with van der Waals surface area (Å²) in [6.07, 6.45) is 0. The highest BCUT2D eigenvalue weighted by molar-refractivity contribution is 7.29. The van der Waals surface area contributed by atoms with Crippen molar-refractivity contribution < 1.29 is 0 Å². The number of hydrogen-bond donors (Lipinski definition) is 0. The van der Waals surface area contributed by atoms with E-state index in [4.69, 9.17) is 0 Å². The average Bonchev–Trinajstić information content (AvgIpc) is 3.75. The van der Waals surface area contributed by atoms with Gasteiger partial charge in [-0.2, -0.15) is 0 Å². The molecule has 0 amide bonds. The fraction of sp³-hybridized carbons (Fsp3) is 0. The summed E-state index contributed by atoms with van der Waals surface area (Å²) in [5.74, 6) is 0. The van der Waals surface area contributed by atoms with Crippen LogP contribution in [0, 0.1) is 0 Å². The number of hydrogen-bond acceptors (Lipinski definition) is 2. The highest BCUT2D eigenvalue weighted by atomic mass is 32.1. The summed E-state index contributed by atoms with van der Waals surface area (Å²) in [7, 11) is 0. The SMILES string of the molecule is c1cc(-c2ccc3sc4ccc5c6ccccc6sc5c4c3c2)cc(-c2c3ccccc3c(-c3cccc4ccccc34)c3ccccc23)c1. The Morgan fingerprint density at radius 2 is 0.880 bits per heavy atom. The zero-order valence-electron chi connectivity index (χ0n) is 27.0. The second-order valence-electron chi connectivity index (χ2n) is 13.2. The van der Waals surface area contributed by atoms with Crippen molar-refractivity contribution in [1.82, 2.24) is 0 Å². The summed E-state index contributed by atoms with van der Waals surface area (Å²) in [5, 5.41) is 13.1. The van der Waals surface area contributed by atoms with Crippen molar-refractivity contribution in [2.45, 2.75) is 0 Å². The van der Waals surface area contributed by atoms with Crippen LogP contribution in [-0.4, -0.2) is 0 Å². The van der Waals surface area contributed by atoms with Crippen LogP contribution in [0.2, 0.25) is 0 Å². The van der Waals surface area contributed by atoms with E-state index < -0.39 is 0 Å². The lowest BCUT2D eigenvalue weighted by molar-refractivity contribution is 1.63. The smallest absolute Gasteiger partial charge is 0.0448 e. The molecule has 0 bridgehead atoms. The van der Waals surface area contributed by atoms with Crippen LogP contribution in [0.1, 0.15) is 0 Å². The second kappa shape index (κ2) is 10.9. The molecular formula is C48H28S2. The molecule has 0 atom stereocenters. The predicted octanol–water partition coefficient (Wildman–Crippen LogP) is 14.9. The monoisotopic (exact) mass is 668 g/mol. The van der Waals surface area contributed by atoms with Crippen LogP contribution >= 0.6 is 22.7 Å². The van der Waals surface area contributed by atoms with Gasteiger partial charge in [0.15, 0.2) is 0 Å². The maximum Gasteiger partial charge on any atom is 0.0448 e. The molecule has 2 heterocycles. The molecule has 0 N–H and O–H groups in total. The van der Waals surface area contributed by atoms with Gasteiger partial charge in [-0.25, -0.2) is 0 Å². The van der Waals surface area contributed by atoms with Crippen molar-refractivity contribution >= 4 is 95.3 Å². The molecular weight excluding hydrogens is 641 g/mol. The van der Waals surface area contributed by atoms with Gasteiger partial charge in [0.1, 0.15) is 0 Å². The Morgan fingerprint density at radius 1 is 0.300 bits per heavy atom. The summed E-state index contributed by atoms with van der Waals surface area (Å²) in [5.41, 5.74) is 7.59. The molecule has 2 heteroatoms. The number of rotatable bonds is 3. The highest BCUT2D eigenvalue weighted by Crippen LogP contribution is 2.47. The van der Waals surface area contributed by atoms with Gasteiger partial charge in [0, 0.05) is 40.3 Å².